The summed E-state index contributed by atoms with van der Waals surface area (Å²) in [5, 5.41) is 9.68. The average molecular weight is 274 g/mol. The molecule has 0 aromatic rings. The molecular weight excluding hydrogens is 252 g/mol. The number of nitrogens with zero attached hydrogens (tertiary/aromatic N) is 2. The fraction of sp³-hybridized carbons (Fsp3) is 0.833. The normalized spacial score (nSPS) is 18.5. The molecule has 104 valence electrons. The second kappa shape index (κ2) is 6.87. The number of aliphatic carboxylic acids is 1. The molecule has 0 spiro atoms. The lowest BCUT2D eigenvalue weighted by molar-refractivity contribution is -0.142. The average Bonchev–Trinajstić information content (AvgIpc) is 2.38. The van der Waals surface area contributed by atoms with E-state index in [0.29, 0.717) is 11.7 Å². The Balaban J connectivity index is 2.56. The minimum atomic E-state index is -0.938. The number of piperidine rings is 1. The van der Waals surface area contributed by atoms with Crippen LogP contribution in [0.3, 0.4) is 0 Å². The molecule has 6 heteroatoms. The van der Waals surface area contributed by atoms with Crippen molar-refractivity contribution in [3.05, 3.63) is 0 Å². The minimum Gasteiger partial charge on any atom is -0.480 e. The predicted octanol–water partition coefficient (Wildman–Crippen LogP) is 1.73. The maximum Gasteiger partial charge on any atom is 0.326 e. The molecule has 0 aromatic carbocycles. The van der Waals surface area contributed by atoms with E-state index in [1.165, 1.54) is 4.90 Å². The molecule has 0 aliphatic carbocycles. The van der Waals surface area contributed by atoms with Gasteiger partial charge in [0.05, 0.1) is 0 Å². The Bertz CT molecular complexity index is 304. The van der Waals surface area contributed by atoms with Crippen LogP contribution < -0.4 is 0 Å². The van der Waals surface area contributed by atoms with E-state index in [1.54, 1.807) is 18.9 Å². The Hall–Kier alpha value is -0.910. The van der Waals surface area contributed by atoms with Gasteiger partial charge in [0.15, 0.2) is 0 Å². The molecule has 0 saturated carbocycles. The van der Waals surface area contributed by atoms with Crippen LogP contribution in [-0.4, -0.2) is 64.6 Å². The molecule has 5 nitrogen and oxygen atoms in total. The number of likely N-dealkylation sites (tertiary alicyclic amines) is 1. The SMILES string of the molecule is CCC(C(=O)O)N(C)C(=O)N1CCC(SC)CC1. The Morgan fingerprint density at radius 1 is 1.44 bits per heavy atom. The zero-order chi connectivity index (χ0) is 13.7. The third-order valence-electron chi connectivity index (χ3n) is 3.49. The van der Waals surface area contributed by atoms with Crippen molar-refractivity contribution in [1.82, 2.24) is 9.80 Å². The molecular formula is C12H22N2O3S. The van der Waals surface area contributed by atoms with Crippen LogP contribution in [0.5, 0.6) is 0 Å². The van der Waals surface area contributed by atoms with Crippen LogP contribution in [0.4, 0.5) is 4.79 Å². The molecule has 1 heterocycles. The second-order valence-electron chi connectivity index (χ2n) is 4.58. The quantitative estimate of drug-likeness (QED) is 0.848. The van der Waals surface area contributed by atoms with Crippen molar-refractivity contribution in [3.63, 3.8) is 0 Å². The van der Waals surface area contributed by atoms with Crippen LogP contribution in [0, 0.1) is 0 Å². The van der Waals surface area contributed by atoms with Crippen LogP contribution in [0.15, 0.2) is 0 Å². The summed E-state index contributed by atoms with van der Waals surface area (Å²) in [4.78, 5) is 26.3. The second-order valence-corrected chi connectivity index (χ2v) is 5.72. The smallest absolute Gasteiger partial charge is 0.326 e. The third-order valence-corrected chi connectivity index (χ3v) is 4.62. The molecule has 1 aliphatic rings. The van der Waals surface area contributed by atoms with E-state index >= 15 is 0 Å². The summed E-state index contributed by atoms with van der Waals surface area (Å²) in [6, 6.07) is -0.889. The number of carboxylic acids is 1. The highest BCUT2D eigenvalue weighted by molar-refractivity contribution is 7.99. The van der Waals surface area contributed by atoms with Crippen LogP contribution in [0.25, 0.3) is 0 Å². The third kappa shape index (κ3) is 3.54. The molecule has 2 amide bonds. The van der Waals surface area contributed by atoms with E-state index in [-0.39, 0.29) is 6.03 Å². The highest BCUT2D eigenvalue weighted by Gasteiger charge is 2.30. The zero-order valence-corrected chi connectivity index (χ0v) is 12.1. The molecule has 1 rings (SSSR count). The van der Waals surface area contributed by atoms with E-state index < -0.39 is 12.0 Å². The fourth-order valence-corrected chi connectivity index (χ4v) is 2.94. The van der Waals surface area contributed by atoms with Crippen LogP contribution >= 0.6 is 11.8 Å². The highest BCUT2D eigenvalue weighted by atomic mass is 32.2. The van der Waals surface area contributed by atoms with Crippen molar-refractivity contribution in [1.29, 1.82) is 0 Å². The van der Waals surface area contributed by atoms with E-state index in [1.807, 2.05) is 11.8 Å². The molecule has 1 saturated heterocycles. The molecule has 1 aliphatic heterocycles. The molecule has 18 heavy (non-hydrogen) atoms. The summed E-state index contributed by atoms with van der Waals surface area (Å²) in [7, 11) is 1.57. The lowest BCUT2D eigenvalue weighted by Crippen LogP contribution is -2.51. The molecule has 1 unspecified atom stereocenters. The van der Waals surface area contributed by atoms with E-state index in [4.69, 9.17) is 5.11 Å². The van der Waals surface area contributed by atoms with Gasteiger partial charge >= 0.3 is 12.0 Å². The maximum absolute atomic E-state index is 12.2. The molecule has 1 N–H and O–H groups in total. The van der Waals surface area contributed by atoms with Gasteiger partial charge in [0.1, 0.15) is 6.04 Å². The van der Waals surface area contributed by atoms with E-state index in [0.717, 1.165) is 25.9 Å². The minimum absolute atomic E-state index is 0.163. The molecule has 1 atom stereocenters. The molecule has 0 aromatic heterocycles. The number of thioether (sulfide) groups is 1. The fourth-order valence-electron chi connectivity index (χ4n) is 2.25. The number of hydrogen-bond donors (Lipinski definition) is 1. The maximum atomic E-state index is 12.2. The number of likely N-dealkylation sites (N-methyl/N-ethyl adjacent to an activating group) is 1. The van der Waals surface area contributed by atoms with Gasteiger partial charge in [-0.25, -0.2) is 9.59 Å². The molecule has 0 bridgehead atoms. The van der Waals surface area contributed by atoms with Crippen LogP contribution in [-0.2, 0) is 4.79 Å². The topological polar surface area (TPSA) is 60.9 Å². The summed E-state index contributed by atoms with van der Waals surface area (Å²) < 4.78 is 0. The number of urea groups is 1. The summed E-state index contributed by atoms with van der Waals surface area (Å²) in [5.74, 6) is -0.938. The van der Waals surface area contributed by atoms with Crippen molar-refractivity contribution >= 4 is 23.8 Å². The van der Waals surface area contributed by atoms with Crippen LogP contribution in [0.2, 0.25) is 0 Å². The summed E-state index contributed by atoms with van der Waals surface area (Å²) in [6.45, 7) is 3.23. The number of carboxylic acid groups (broad SMARTS) is 1. The largest absolute Gasteiger partial charge is 0.480 e. The monoisotopic (exact) mass is 274 g/mol. The van der Waals surface area contributed by atoms with Crippen molar-refractivity contribution in [3.8, 4) is 0 Å². The Morgan fingerprint density at radius 3 is 2.39 bits per heavy atom. The summed E-state index contributed by atoms with van der Waals surface area (Å²) in [6.07, 6.45) is 4.50. The Labute approximate surface area is 113 Å². The first-order chi connectivity index (χ1) is 8.51. The summed E-state index contributed by atoms with van der Waals surface area (Å²) >= 11 is 1.84. The van der Waals surface area contributed by atoms with E-state index in [2.05, 4.69) is 6.26 Å². The lowest BCUT2D eigenvalue weighted by Gasteiger charge is -2.35. The van der Waals surface area contributed by atoms with Crippen molar-refractivity contribution in [2.24, 2.45) is 0 Å². The first-order valence-electron chi connectivity index (χ1n) is 6.28. The van der Waals surface area contributed by atoms with Crippen molar-refractivity contribution < 1.29 is 14.7 Å². The number of amides is 2. The van der Waals surface area contributed by atoms with Crippen molar-refractivity contribution in [2.75, 3.05) is 26.4 Å². The van der Waals surface area contributed by atoms with E-state index in [9.17, 15) is 9.59 Å². The van der Waals surface area contributed by atoms with Gasteiger partial charge in [-0.15, -0.1) is 0 Å². The number of rotatable bonds is 4. The van der Waals surface area contributed by atoms with Crippen molar-refractivity contribution in [2.45, 2.75) is 37.5 Å². The van der Waals surface area contributed by atoms with Crippen LogP contribution in [0.1, 0.15) is 26.2 Å². The number of carbonyl (C=O) groups is 2. The van der Waals surface area contributed by atoms with Gasteiger partial charge in [-0.3, -0.25) is 0 Å². The van der Waals surface area contributed by atoms with Gasteiger partial charge < -0.3 is 14.9 Å². The highest BCUT2D eigenvalue weighted by Crippen LogP contribution is 2.22. The lowest BCUT2D eigenvalue weighted by atomic mass is 10.1. The van der Waals surface area contributed by atoms with Gasteiger partial charge in [0, 0.05) is 25.4 Å². The van der Waals surface area contributed by atoms with Gasteiger partial charge in [-0.1, -0.05) is 6.92 Å². The first-order valence-corrected chi connectivity index (χ1v) is 7.57. The van der Waals surface area contributed by atoms with Gasteiger partial charge in [-0.2, -0.15) is 11.8 Å². The van der Waals surface area contributed by atoms with Gasteiger partial charge in [-0.05, 0) is 25.5 Å². The molecule has 1 fully saturated rings. The Morgan fingerprint density at radius 2 is 2.00 bits per heavy atom. The van der Waals surface area contributed by atoms with Gasteiger partial charge in [0.2, 0.25) is 0 Å². The zero-order valence-electron chi connectivity index (χ0n) is 11.3. The Kier molecular flexibility index (Phi) is 5.78. The number of carbonyl (C=O) groups excluding carboxylic acids is 1. The molecule has 0 radical (unpaired) electrons. The summed E-state index contributed by atoms with van der Waals surface area (Å²) in [5.41, 5.74) is 0. The predicted molar refractivity (Wildman–Crippen MR) is 73.0 cm³/mol. The van der Waals surface area contributed by atoms with Gasteiger partial charge in [0.25, 0.3) is 0 Å². The standard InChI is InChI=1S/C12H22N2O3S/c1-4-10(11(15)16)13(2)12(17)14-7-5-9(18-3)6-8-14/h9-10H,4-8H2,1-3H3,(H,15,16). The first kappa shape index (κ1) is 15.1. The number of hydrogen-bond acceptors (Lipinski definition) is 3.